The number of hydrogen-bond acceptors (Lipinski definition) is 6. The summed E-state index contributed by atoms with van der Waals surface area (Å²) in [4.78, 5) is 26.3. The standard InChI is InChI=1S/C26H26ClF6N3O3S/c1-24(11-4-12-40-3)15-35(34-22(24)16-5-10-19(20(27)13-16)26(31,32)33)14-21(37)36(23(38)39-2)18-8-6-17(7-9-18)25(28,29)30/h5-10,13H,4,11-12,14-15H2,1-3H3. The topological polar surface area (TPSA) is 62.2 Å². The molecule has 6 nitrogen and oxygen atoms in total. The van der Waals surface area contributed by atoms with Gasteiger partial charge in [0.25, 0.3) is 5.91 Å². The molecule has 1 unspecified atom stereocenters. The van der Waals surface area contributed by atoms with Gasteiger partial charge in [-0.25, -0.2) is 9.69 Å². The van der Waals surface area contributed by atoms with E-state index in [1.165, 1.54) is 17.1 Å². The zero-order valence-electron chi connectivity index (χ0n) is 21.7. The maximum atomic E-state index is 13.3. The lowest BCUT2D eigenvalue weighted by atomic mass is 9.78. The van der Waals surface area contributed by atoms with Gasteiger partial charge in [0.2, 0.25) is 0 Å². The van der Waals surface area contributed by atoms with Gasteiger partial charge in [-0.2, -0.15) is 43.2 Å². The lowest BCUT2D eigenvalue weighted by Crippen LogP contribution is -2.43. The van der Waals surface area contributed by atoms with Gasteiger partial charge in [0.1, 0.15) is 6.54 Å². The van der Waals surface area contributed by atoms with Crippen molar-refractivity contribution in [3.8, 4) is 0 Å². The molecule has 2 aromatic rings. The fourth-order valence-electron chi connectivity index (χ4n) is 4.44. The first-order valence-corrected chi connectivity index (χ1v) is 13.7. The molecular formula is C26H26ClF6N3O3S. The molecule has 2 amide bonds. The van der Waals surface area contributed by atoms with E-state index in [0.29, 0.717) is 22.6 Å². The number of ether oxygens (including phenoxy) is 1. The quantitative estimate of drug-likeness (QED) is 0.231. The molecule has 1 heterocycles. The Labute approximate surface area is 236 Å². The van der Waals surface area contributed by atoms with Crippen LogP contribution < -0.4 is 4.90 Å². The maximum Gasteiger partial charge on any atom is 0.420 e. The molecule has 0 fully saturated rings. The molecule has 0 aromatic heterocycles. The van der Waals surface area contributed by atoms with Crippen LogP contribution in [0.3, 0.4) is 0 Å². The summed E-state index contributed by atoms with van der Waals surface area (Å²) in [5.74, 6) is -0.00639. The minimum absolute atomic E-state index is 0.134. The normalized spacial score (nSPS) is 17.6. The molecule has 0 spiro atoms. The Morgan fingerprint density at radius 2 is 1.75 bits per heavy atom. The third kappa shape index (κ3) is 7.22. The van der Waals surface area contributed by atoms with Crippen molar-refractivity contribution in [1.29, 1.82) is 0 Å². The zero-order chi connectivity index (χ0) is 29.9. The fraction of sp³-hybridized carbons (Fsp3) is 0.423. The Balaban J connectivity index is 1.93. The van der Waals surface area contributed by atoms with Crippen molar-refractivity contribution in [3.63, 3.8) is 0 Å². The van der Waals surface area contributed by atoms with Crippen LogP contribution in [-0.4, -0.2) is 54.9 Å². The highest BCUT2D eigenvalue weighted by Gasteiger charge is 2.41. The van der Waals surface area contributed by atoms with Crippen LogP contribution in [0, 0.1) is 5.41 Å². The number of hydrogen-bond donors (Lipinski definition) is 0. The van der Waals surface area contributed by atoms with Gasteiger partial charge in [-0.05, 0) is 66.8 Å². The number of carbonyl (C=O) groups excluding carboxylic acids is 2. The third-order valence-electron chi connectivity index (χ3n) is 6.35. The molecule has 0 saturated heterocycles. The molecule has 0 radical (unpaired) electrons. The van der Waals surface area contributed by atoms with E-state index >= 15 is 0 Å². The summed E-state index contributed by atoms with van der Waals surface area (Å²) < 4.78 is 83.4. The minimum atomic E-state index is -4.64. The fourth-order valence-corrected chi connectivity index (χ4v) is 5.16. The van der Waals surface area contributed by atoms with Gasteiger partial charge in [0, 0.05) is 12.0 Å². The van der Waals surface area contributed by atoms with Crippen molar-refractivity contribution >= 4 is 46.8 Å². The number of alkyl halides is 6. The minimum Gasteiger partial charge on any atom is -0.452 e. The Bertz CT molecular complexity index is 1270. The number of halogens is 7. The molecule has 0 bridgehead atoms. The lowest BCUT2D eigenvalue weighted by molar-refractivity contribution is -0.138. The number of hydrazone groups is 1. The van der Waals surface area contributed by atoms with Crippen molar-refractivity contribution in [2.75, 3.05) is 37.1 Å². The predicted octanol–water partition coefficient (Wildman–Crippen LogP) is 7.35. The number of amides is 2. The van der Waals surface area contributed by atoms with Gasteiger partial charge in [-0.15, -0.1) is 0 Å². The van der Waals surface area contributed by atoms with Crippen molar-refractivity contribution in [1.82, 2.24) is 5.01 Å². The molecule has 1 aliphatic rings. The van der Waals surface area contributed by atoms with Gasteiger partial charge in [-0.3, -0.25) is 9.80 Å². The SMILES string of the molecule is COC(=O)N(C(=O)CN1CC(C)(CCCSC)C(c2ccc(C(F)(F)F)c(Cl)c2)=N1)c1ccc(C(F)(F)F)cc1. The number of imide groups is 1. The largest absolute Gasteiger partial charge is 0.452 e. The van der Waals surface area contributed by atoms with Crippen molar-refractivity contribution in [2.24, 2.45) is 10.5 Å². The summed E-state index contributed by atoms with van der Waals surface area (Å²) in [7, 11) is 1.02. The molecule has 14 heteroatoms. The summed E-state index contributed by atoms with van der Waals surface area (Å²) in [5.41, 5.74) is -1.98. The van der Waals surface area contributed by atoms with Crippen LogP contribution in [0.2, 0.25) is 5.02 Å². The monoisotopic (exact) mass is 609 g/mol. The maximum absolute atomic E-state index is 13.3. The summed E-state index contributed by atoms with van der Waals surface area (Å²) in [6.45, 7) is 1.62. The van der Waals surface area contributed by atoms with Crippen molar-refractivity contribution < 1.29 is 40.7 Å². The predicted molar refractivity (Wildman–Crippen MR) is 142 cm³/mol. The number of anilines is 1. The van der Waals surface area contributed by atoms with Gasteiger partial charge in [-0.1, -0.05) is 24.6 Å². The first-order valence-electron chi connectivity index (χ1n) is 11.9. The molecule has 218 valence electrons. The molecule has 0 N–H and O–H groups in total. The van der Waals surface area contributed by atoms with Crippen LogP contribution in [0.5, 0.6) is 0 Å². The number of thioether (sulfide) groups is 1. The van der Waals surface area contributed by atoms with Gasteiger partial charge in [0.05, 0.1) is 34.7 Å². The van der Waals surface area contributed by atoms with Crippen LogP contribution >= 0.6 is 23.4 Å². The van der Waals surface area contributed by atoms with E-state index < -0.39 is 52.5 Å². The molecule has 0 saturated carbocycles. The first kappa shape index (κ1) is 31.6. The highest BCUT2D eigenvalue weighted by Crippen LogP contribution is 2.40. The van der Waals surface area contributed by atoms with Crippen LogP contribution in [0.4, 0.5) is 36.8 Å². The van der Waals surface area contributed by atoms with E-state index in [-0.39, 0.29) is 12.2 Å². The van der Waals surface area contributed by atoms with Crippen molar-refractivity contribution in [2.45, 2.75) is 32.1 Å². The summed E-state index contributed by atoms with van der Waals surface area (Å²) in [6, 6.07) is 6.77. The van der Waals surface area contributed by atoms with E-state index in [0.717, 1.165) is 49.6 Å². The van der Waals surface area contributed by atoms with E-state index in [2.05, 4.69) is 9.84 Å². The van der Waals surface area contributed by atoms with Crippen LogP contribution in [0.25, 0.3) is 0 Å². The van der Waals surface area contributed by atoms with E-state index in [9.17, 15) is 35.9 Å². The molecule has 1 aliphatic heterocycles. The molecule has 2 aromatic carbocycles. The van der Waals surface area contributed by atoms with Gasteiger partial charge < -0.3 is 4.74 Å². The number of methoxy groups -OCH3 is 1. The van der Waals surface area contributed by atoms with Gasteiger partial charge in [0.15, 0.2) is 0 Å². The van der Waals surface area contributed by atoms with E-state index in [1.54, 1.807) is 11.8 Å². The van der Waals surface area contributed by atoms with Gasteiger partial charge >= 0.3 is 18.4 Å². The Kier molecular flexibility index (Phi) is 9.71. The Hall–Kier alpha value is -2.93. The van der Waals surface area contributed by atoms with E-state index in [1.807, 2.05) is 13.2 Å². The van der Waals surface area contributed by atoms with Crippen LogP contribution in [-0.2, 0) is 21.9 Å². The third-order valence-corrected chi connectivity index (χ3v) is 7.36. The first-order chi connectivity index (χ1) is 18.6. The Morgan fingerprint density at radius 3 is 2.27 bits per heavy atom. The number of nitrogens with zero attached hydrogens (tertiary/aromatic N) is 3. The second kappa shape index (κ2) is 12.3. The van der Waals surface area contributed by atoms with E-state index in [4.69, 9.17) is 11.6 Å². The zero-order valence-corrected chi connectivity index (χ0v) is 23.3. The van der Waals surface area contributed by atoms with Crippen LogP contribution in [0.1, 0.15) is 36.5 Å². The lowest BCUT2D eigenvalue weighted by Gasteiger charge is -2.27. The smallest absolute Gasteiger partial charge is 0.420 e. The summed E-state index contributed by atoms with van der Waals surface area (Å²) in [5, 5.41) is 5.41. The molecule has 3 rings (SSSR count). The highest BCUT2D eigenvalue weighted by atomic mass is 35.5. The number of benzene rings is 2. The molecular weight excluding hydrogens is 584 g/mol. The molecule has 40 heavy (non-hydrogen) atoms. The van der Waals surface area contributed by atoms with Crippen LogP contribution in [0.15, 0.2) is 47.6 Å². The number of rotatable bonds is 8. The molecule has 0 aliphatic carbocycles. The van der Waals surface area contributed by atoms with Crippen molar-refractivity contribution in [3.05, 3.63) is 64.2 Å². The summed E-state index contributed by atoms with van der Waals surface area (Å²) in [6.07, 6.45) is -7.06. The second-order valence-electron chi connectivity index (χ2n) is 9.36. The summed E-state index contributed by atoms with van der Waals surface area (Å²) >= 11 is 7.58. The number of carbonyl (C=O) groups is 2. The molecule has 1 atom stereocenters. The average molecular weight is 610 g/mol. The average Bonchev–Trinajstić information content (AvgIpc) is 3.18. The second-order valence-corrected chi connectivity index (χ2v) is 10.8. The Morgan fingerprint density at radius 1 is 1.10 bits per heavy atom. The highest BCUT2D eigenvalue weighted by molar-refractivity contribution is 7.98.